The number of halogens is 1. The number of carboxylic acid groups (broad SMARTS) is 1. The van der Waals surface area contributed by atoms with Crippen LogP contribution < -0.4 is 0 Å². The fraction of sp³-hybridized carbons (Fsp3) is 0.0714. The van der Waals surface area contributed by atoms with Gasteiger partial charge in [0, 0.05) is 15.9 Å². The van der Waals surface area contributed by atoms with Crippen molar-refractivity contribution in [1.82, 2.24) is 0 Å². The number of hydrogen-bond donors (Lipinski definition) is 1. The molecule has 2 aromatic rings. The van der Waals surface area contributed by atoms with Gasteiger partial charge in [-0.05, 0) is 52.4 Å². The molecule has 1 N–H and O–H groups in total. The van der Waals surface area contributed by atoms with E-state index in [1.165, 1.54) is 17.8 Å². The first-order valence-corrected chi connectivity index (χ1v) is 7.78. The Morgan fingerprint density at radius 3 is 2.38 bits per heavy atom. The fourth-order valence-electron chi connectivity index (χ4n) is 1.68. The third-order valence-corrected chi connectivity index (χ3v) is 4.54. The Bertz CT molecular complexity index is 688. The van der Waals surface area contributed by atoms with Gasteiger partial charge in [0.2, 0.25) is 0 Å². The van der Waals surface area contributed by atoms with Crippen LogP contribution in [0.4, 0.5) is 5.69 Å². The van der Waals surface area contributed by atoms with Crippen LogP contribution in [0.3, 0.4) is 0 Å². The van der Waals surface area contributed by atoms with E-state index in [1.54, 1.807) is 18.2 Å². The van der Waals surface area contributed by atoms with Crippen LogP contribution in [-0.2, 0) is 11.2 Å². The molecule has 7 heteroatoms. The van der Waals surface area contributed by atoms with Crippen molar-refractivity contribution in [3.63, 3.8) is 0 Å². The molecule has 108 valence electrons. The number of rotatable bonds is 5. The highest BCUT2D eigenvalue weighted by molar-refractivity contribution is 14.1. The molecule has 0 aliphatic rings. The highest BCUT2D eigenvalue weighted by atomic mass is 127. The predicted octanol–water partition coefficient (Wildman–Crippen LogP) is 3.98. The van der Waals surface area contributed by atoms with E-state index >= 15 is 0 Å². The van der Waals surface area contributed by atoms with Crippen LogP contribution in [0.25, 0.3) is 0 Å². The van der Waals surface area contributed by atoms with E-state index in [1.807, 2.05) is 40.8 Å². The molecule has 21 heavy (non-hydrogen) atoms. The lowest BCUT2D eigenvalue weighted by Gasteiger charge is -2.04. The summed E-state index contributed by atoms with van der Waals surface area (Å²) in [5, 5.41) is 19.6. The Morgan fingerprint density at radius 1 is 1.19 bits per heavy atom. The Morgan fingerprint density at radius 2 is 1.81 bits per heavy atom. The molecular formula is C14H10INO4S. The van der Waals surface area contributed by atoms with E-state index in [9.17, 15) is 14.9 Å². The zero-order valence-electron chi connectivity index (χ0n) is 10.7. The lowest BCUT2D eigenvalue weighted by Crippen LogP contribution is -1.99. The van der Waals surface area contributed by atoms with Crippen LogP contribution in [0, 0.1) is 13.7 Å². The number of benzene rings is 2. The number of carboxylic acids is 1. The van der Waals surface area contributed by atoms with Crippen molar-refractivity contribution in [1.29, 1.82) is 0 Å². The van der Waals surface area contributed by atoms with Crippen molar-refractivity contribution in [2.45, 2.75) is 16.2 Å². The lowest BCUT2D eigenvalue weighted by atomic mass is 10.2. The van der Waals surface area contributed by atoms with Crippen LogP contribution in [0.15, 0.2) is 52.3 Å². The Hall–Kier alpha value is -1.61. The number of nitro groups is 1. The van der Waals surface area contributed by atoms with Gasteiger partial charge in [-0.25, -0.2) is 0 Å². The molecular weight excluding hydrogens is 405 g/mol. The molecule has 0 spiro atoms. The minimum atomic E-state index is -0.872. The number of hydrogen-bond acceptors (Lipinski definition) is 4. The molecule has 2 aromatic carbocycles. The van der Waals surface area contributed by atoms with Gasteiger partial charge in [0.25, 0.3) is 5.69 Å². The van der Waals surface area contributed by atoms with E-state index < -0.39 is 10.9 Å². The Balaban J connectivity index is 2.16. The molecule has 0 radical (unpaired) electrons. The van der Waals surface area contributed by atoms with Crippen LogP contribution >= 0.6 is 34.4 Å². The standard InChI is InChI=1S/C14H10INO4S/c15-12-6-5-11(8-13(12)16(19)20)21-10-3-1-9(2-4-10)7-14(17)18/h1-6,8H,7H2,(H,17,18). The summed E-state index contributed by atoms with van der Waals surface area (Å²) in [5.74, 6) is -0.872. The van der Waals surface area contributed by atoms with Crippen molar-refractivity contribution in [3.05, 3.63) is 61.7 Å². The molecule has 0 atom stereocenters. The molecule has 0 bridgehead atoms. The quantitative estimate of drug-likeness (QED) is 0.454. The van der Waals surface area contributed by atoms with Crippen LogP contribution in [0.2, 0.25) is 0 Å². The number of aliphatic carboxylic acids is 1. The van der Waals surface area contributed by atoms with E-state index in [-0.39, 0.29) is 12.1 Å². The van der Waals surface area contributed by atoms with Gasteiger partial charge in [0.1, 0.15) is 0 Å². The molecule has 0 heterocycles. The van der Waals surface area contributed by atoms with E-state index in [2.05, 4.69) is 0 Å². The highest BCUT2D eigenvalue weighted by Crippen LogP contribution is 2.32. The van der Waals surface area contributed by atoms with Crippen molar-refractivity contribution in [2.24, 2.45) is 0 Å². The van der Waals surface area contributed by atoms with Crippen LogP contribution in [0.5, 0.6) is 0 Å². The number of carbonyl (C=O) groups is 1. The van der Waals surface area contributed by atoms with Gasteiger partial charge in [-0.3, -0.25) is 14.9 Å². The summed E-state index contributed by atoms with van der Waals surface area (Å²) in [6.07, 6.45) is -0.0139. The van der Waals surface area contributed by atoms with Gasteiger partial charge in [-0.1, -0.05) is 23.9 Å². The molecule has 0 unspecified atom stereocenters. The largest absolute Gasteiger partial charge is 0.481 e. The van der Waals surface area contributed by atoms with Gasteiger partial charge >= 0.3 is 5.97 Å². The first-order chi connectivity index (χ1) is 9.95. The lowest BCUT2D eigenvalue weighted by molar-refractivity contribution is -0.386. The zero-order chi connectivity index (χ0) is 15.4. The minimum absolute atomic E-state index is 0.0139. The second-order valence-corrected chi connectivity index (χ2v) is 6.50. The maximum Gasteiger partial charge on any atom is 0.307 e. The van der Waals surface area contributed by atoms with Gasteiger partial charge < -0.3 is 5.11 Å². The third kappa shape index (κ3) is 4.43. The van der Waals surface area contributed by atoms with Gasteiger partial charge in [-0.15, -0.1) is 0 Å². The zero-order valence-corrected chi connectivity index (χ0v) is 13.6. The Kier molecular flexibility index (Phi) is 5.18. The summed E-state index contributed by atoms with van der Waals surface area (Å²) in [6.45, 7) is 0. The summed E-state index contributed by atoms with van der Waals surface area (Å²) in [7, 11) is 0. The molecule has 0 fully saturated rings. The van der Waals surface area contributed by atoms with Crippen molar-refractivity contribution < 1.29 is 14.8 Å². The molecule has 0 aliphatic carbocycles. The highest BCUT2D eigenvalue weighted by Gasteiger charge is 2.12. The molecule has 0 amide bonds. The summed E-state index contributed by atoms with van der Waals surface area (Å²) < 4.78 is 0.596. The third-order valence-electron chi connectivity index (χ3n) is 2.63. The Labute approximate surface area is 138 Å². The molecule has 5 nitrogen and oxygen atoms in total. The average Bonchev–Trinajstić information content (AvgIpc) is 2.42. The maximum atomic E-state index is 10.9. The molecule has 0 saturated heterocycles. The number of nitro benzene ring substituents is 1. The first kappa shape index (κ1) is 15.8. The van der Waals surface area contributed by atoms with Crippen molar-refractivity contribution in [3.8, 4) is 0 Å². The average molecular weight is 415 g/mol. The van der Waals surface area contributed by atoms with Gasteiger partial charge in [-0.2, -0.15) is 0 Å². The SMILES string of the molecule is O=C(O)Cc1ccc(Sc2ccc(I)c([N+](=O)[O-])c2)cc1. The molecule has 0 aromatic heterocycles. The van der Waals surface area contributed by atoms with Gasteiger partial charge in [0.05, 0.1) is 14.9 Å². The summed E-state index contributed by atoms with van der Waals surface area (Å²) in [4.78, 5) is 22.8. The fourth-order valence-corrected chi connectivity index (χ4v) is 3.07. The van der Waals surface area contributed by atoms with E-state index in [0.717, 1.165) is 15.4 Å². The minimum Gasteiger partial charge on any atom is -0.481 e. The smallest absolute Gasteiger partial charge is 0.307 e. The summed E-state index contributed by atoms with van der Waals surface area (Å²) >= 11 is 3.33. The maximum absolute atomic E-state index is 10.9. The van der Waals surface area contributed by atoms with Crippen LogP contribution in [-0.4, -0.2) is 16.0 Å². The van der Waals surface area contributed by atoms with Crippen molar-refractivity contribution >= 4 is 46.0 Å². The monoisotopic (exact) mass is 415 g/mol. The summed E-state index contributed by atoms with van der Waals surface area (Å²) in [5.41, 5.74) is 0.809. The predicted molar refractivity (Wildman–Crippen MR) is 87.7 cm³/mol. The van der Waals surface area contributed by atoms with Crippen molar-refractivity contribution in [2.75, 3.05) is 0 Å². The molecule has 0 saturated carbocycles. The van der Waals surface area contributed by atoms with Crippen LogP contribution in [0.1, 0.15) is 5.56 Å². The summed E-state index contributed by atoms with van der Waals surface area (Å²) in [6, 6.07) is 12.2. The van der Waals surface area contributed by atoms with E-state index in [4.69, 9.17) is 5.11 Å². The second-order valence-electron chi connectivity index (χ2n) is 4.19. The molecule has 0 aliphatic heterocycles. The first-order valence-electron chi connectivity index (χ1n) is 5.88. The van der Waals surface area contributed by atoms with E-state index in [0.29, 0.717) is 3.57 Å². The second kappa shape index (κ2) is 6.90. The molecule has 2 rings (SSSR count). The number of nitrogens with zero attached hydrogens (tertiary/aromatic N) is 1. The van der Waals surface area contributed by atoms with Gasteiger partial charge in [0.15, 0.2) is 0 Å². The topological polar surface area (TPSA) is 80.4 Å². The normalized spacial score (nSPS) is 10.3.